The second-order valence-electron chi connectivity index (χ2n) is 12.7. The Morgan fingerprint density at radius 3 is 2.16 bits per heavy atom. The zero-order valence-corrected chi connectivity index (χ0v) is 33.7. The Morgan fingerprint density at radius 2 is 1.51 bits per heavy atom. The summed E-state index contributed by atoms with van der Waals surface area (Å²) in [6, 6.07) is 24.2. The quantitative estimate of drug-likeness (QED) is 0.132. The van der Waals surface area contributed by atoms with E-state index in [0.29, 0.717) is 30.8 Å². The van der Waals surface area contributed by atoms with Gasteiger partial charge in [0.25, 0.3) is 0 Å². The average Bonchev–Trinajstić information content (AvgIpc) is 3.91. The number of anilines is 2. The summed E-state index contributed by atoms with van der Waals surface area (Å²) in [6.45, 7) is 15.5. The maximum atomic E-state index is 12.0. The molecule has 6 aromatic heterocycles. The van der Waals surface area contributed by atoms with Crippen LogP contribution in [-0.2, 0) is 4.79 Å². The Hall–Kier alpha value is -5.37. The van der Waals surface area contributed by atoms with Gasteiger partial charge in [-0.1, -0.05) is 70.2 Å². The minimum absolute atomic E-state index is 0.00823. The number of fused-ring (bicyclic) bond motifs is 2. The molecule has 1 unspecified atom stereocenters. The van der Waals surface area contributed by atoms with Crippen molar-refractivity contribution in [1.29, 1.82) is 0 Å². The molecule has 1 atom stereocenters. The number of rotatable bonds is 11. The predicted octanol–water partition coefficient (Wildman–Crippen LogP) is 8.67. The van der Waals surface area contributed by atoms with Crippen molar-refractivity contribution in [2.24, 2.45) is 0 Å². The lowest BCUT2D eigenvalue weighted by Gasteiger charge is -2.28. The first-order valence-electron chi connectivity index (χ1n) is 18.9. The molecule has 1 amide bonds. The summed E-state index contributed by atoms with van der Waals surface area (Å²) in [5.41, 5.74) is 3.73. The van der Waals surface area contributed by atoms with E-state index in [0.717, 1.165) is 80.6 Å². The van der Waals surface area contributed by atoms with Crippen LogP contribution in [0, 0.1) is 0 Å². The van der Waals surface area contributed by atoms with Crippen LogP contribution >= 0.6 is 22.7 Å². The summed E-state index contributed by atoms with van der Waals surface area (Å²) in [6.07, 6.45) is 4.59. The third kappa shape index (κ3) is 9.66. The minimum Gasteiger partial charge on any atom is -0.367 e. The fourth-order valence-electron chi connectivity index (χ4n) is 6.21. The van der Waals surface area contributed by atoms with Gasteiger partial charge in [0.2, 0.25) is 5.91 Å². The zero-order valence-electron chi connectivity index (χ0n) is 32.1. The predicted molar refractivity (Wildman–Crippen MR) is 229 cm³/mol. The molecular formula is C42H48N10OS2. The summed E-state index contributed by atoms with van der Waals surface area (Å²) >= 11 is 3.23. The van der Waals surface area contributed by atoms with E-state index in [4.69, 9.17) is 15.0 Å². The number of nitrogens with one attached hydrogen (secondary N) is 2. The first-order chi connectivity index (χ1) is 27.0. The molecule has 0 aliphatic carbocycles. The van der Waals surface area contributed by atoms with Crippen molar-refractivity contribution in [1.82, 2.24) is 40.1 Å². The standard InChI is InChI=1S/C21H17N5OS.C19H25N5S.C2H6/c27-17-12-26(11-10-23-17)20-18-15(14-6-2-1-3-7-14)13-28-21(18)25-19(24-20)16-8-4-5-9-22-16;1-4-24(5-2)12-9-14(3)21-17-15-10-13-25-19(15)23-18(22-17)16-8-6-7-11-20-16;1-2/h1-9,13H,10-12H2,(H,23,27);6-8,10-11,13-14H,4-5,9,12H2,1-3H3,(H,21,22,23);1-2H3. The molecule has 11 nitrogen and oxygen atoms in total. The Morgan fingerprint density at radius 1 is 0.836 bits per heavy atom. The van der Waals surface area contributed by atoms with Crippen LogP contribution in [0.2, 0.25) is 0 Å². The van der Waals surface area contributed by atoms with Gasteiger partial charge in [-0.2, -0.15) is 0 Å². The third-order valence-corrected chi connectivity index (χ3v) is 10.8. The Bertz CT molecular complexity index is 2260. The fourth-order valence-corrected chi connectivity index (χ4v) is 7.91. The molecular weight excluding hydrogens is 725 g/mol. The van der Waals surface area contributed by atoms with Gasteiger partial charge in [0.05, 0.1) is 17.3 Å². The van der Waals surface area contributed by atoms with Gasteiger partial charge in [-0.05, 0) is 67.7 Å². The smallest absolute Gasteiger partial charge is 0.239 e. The summed E-state index contributed by atoms with van der Waals surface area (Å²) in [7, 11) is 0. The van der Waals surface area contributed by atoms with Crippen LogP contribution in [-0.4, -0.2) is 86.0 Å². The van der Waals surface area contributed by atoms with Gasteiger partial charge < -0.3 is 20.4 Å². The number of aromatic nitrogens is 6. The van der Waals surface area contributed by atoms with Crippen molar-refractivity contribution in [2.45, 2.75) is 47.1 Å². The first-order valence-corrected chi connectivity index (χ1v) is 20.7. The van der Waals surface area contributed by atoms with Gasteiger partial charge in [0.1, 0.15) is 32.7 Å². The maximum Gasteiger partial charge on any atom is 0.239 e. The van der Waals surface area contributed by atoms with Crippen molar-refractivity contribution in [3.8, 4) is 34.2 Å². The molecule has 0 spiro atoms. The Kier molecular flexibility index (Phi) is 13.8. The van der Waals surface area contributed by atoms with E-state index >= 15 is 0 Å². The topological polar surface area (TPSA) is 125 Å². The van der Waals surface area contributed by atoms with E-state index in [1.807, 2.05) is 73.3 Å². The van der Waals surface area contributed by atoms with Crippen LogP contribution in [0.1, 0.15) is 41.0 Å². The summed E-state index contributed by atoms with van der Waals surface area (Å²) in [5.74, 6) is 2.96. The number of hydrogen-bond donors (Lipinski definition) is 2. The van der Waals surface area contributed by atoms with Gasteiger partial charge in [-0.25, -0.2) is 19.9 Å². The van der Waals surface area contributed by atoms with Gasteiger partial charge in [-0.15, -0.1) is 22.7 Å². The molecule has 1 fully saturated rings. The molecule has 2 N–H and O–H groups in total. The highest BCUT2D eigenvalue weighted by Gasteiger charge is 2.24. The number of amides is 1. The molecule has 0 radical (unpaired) electrons. The number of pyridine rings is 2. The number of hydrogen-bond acceptors (Lipinski definition) is 12. The molecule has 0 bridgehead atoms. The second-order valence-corrected chi connectivity index (χ2v) is 14.4. The number of carbonyl (C=O) groups is 1. The van der Waals surface area contributed by atoms with Crippen molar-refractivity contribution >= 4 is 60.6 Å². The normalized spacial score (nSPS) is 13.1. The molecule has 1 aliphatic heterocycles. The third-order valence-electron chi connectivity index (χ3n) is 9.11. The Labute approximate surface area is 331 Å². The van der Waals surface area contributed by atoms with Gasteiger partial charge in [0.15, 0.2) is 11.6 Å². The highest BCUT2D eigenvalue weighted by Crippen LogP contribution is 2.39. The molecule has 13 heteroatoms. The molecule has 8 rings (SSSR count). The minimum atomic E-state index is 0.00823. The largest absolute Gasteiger partial charge is 0.367 e. The second kappa shape index (κ2) is 19.3. The van der Waals surface area contributed by atoms with E-state index < -0.39 is 0 Å². The van der Waals surface area contributed by atoms with Crippen LogP contribution in [0.3, 0.4) is 0 Å². The highest BCUT2D eigenvalue weighted by molar-refractivity contribution is 7.17. The van der Waals surface area contributed by atoms with Crippen molar-refractivity contribution in [2.75, 3.05) is 49.5 Å². The summed E-state index contributed by atoms with van der Waals surface area (Å²) in [4.78, 5) is 46.3. The molecule has 1 aliphatic rings. The monoisotopic (exact) mass is 772 g/mol. The molecule has 55 heavy (non-hydrogen) atoms. The van der Waals surface area contributed by atoms with Crippen LogP contribution in [0.25, 0.3) is 54.6 Å². The van der Waals surface area contributed by atoms with E-state index in [1.165, 1.54) is 0 Å². The van der Waals surface area contributed by atoms with Crippen molar-refractivity contribution < 1.29 is 4.79 Å². The molecule has 7 heterocycles. The number of carbonyl (C=O) groups excluding carboxylic acids is 1. The maximum absolute atomic E-state index is 12.0. The molecule has 7 aromatic rings. The number of benzene rings is 1. The molecule has 284 valence electrons. The fraction of sp³-hybridized carbons (Fsp3) is 0.310. The lowest BCUT2D eigenvalue weighted by Crippen LogP contribution is -2.48. The zero-order chi connectivity index (χ0) is 38.6. The summed E-state index contributed by atoms with van der Waals surface area (Å²) < 4.78 is 0. The van der Waals surface area contributed by atoms with Crippen LogP contribution in [0.4, 0.5) is 11.6 Å². The average molecular weight is 773 g/mol. The first kappa shape index (κ1) is 39.3. The van der Waals surface area contributed by atoms with Gasteiger partial charge in [-0.3, -0.25) is 14.8 Å². The summed E-state index contributed by atoms with van der Waals surface area (Å²) in [5, 5.41) is 12.7. The molecule has 1 aromatic carbocycles. The van der Waals surface area contributed by atoms with Crippen LogP contribution in [0.15, 0.2) is 96.0 Å². The molecule has 0 saturated carbocycles. The van der Waals surface area contributed by atoms with Crippen LogP contribution in [0.5, 0.6) is 0 Å². The van der Waals surface area contributed by atoms with E-state index in [2.05, 4.69) is 80.2 Å². The molecule has 1 saturated heterocycles. The van der Waals surface area contributed by atoms with Gasteiger partial charge >= 0.3 is 0 Å². The SMILES string of the molecule is CC.CCN(CC)CCC(C)Nc1nc(-c2ccccn2)nc2sccc12.O=C1CN(c2nc(-c3ccccn3)nc3scc(-c4ccccc4)c23)CCN1. The number of thiophene rings is 2. The van der Waals surface area contributed by atoms with E-state index in [9.17, 15) is 4.79 Å². The lowest BCUT2D eigenvalue weighted by molar-refractivity contribution is -0.120. The highest BCUT2D eigenvalue weighted by atomic mass is 32.1. The van der Waals surface area contributed by atoms with Crippen molar-refractivity contribution in [3.05, 3.63) is 96.0 Å². The van der Waals surface area contributed by atoms with E-state index in [1.54, 1.807) is 35.1 Å². The van der Waals surface area contributed by atoms with Crippen LogP contribution < -0.4 is 15.5 Å². The van der Waals surface area contributed by atoms with Gasteiger partial charge in [0, 0.05) is 49.0 Å². The Balaban J connectivity index is 0.000000180. The lowest BCUT2D eigenvalue weighted by atomic mass is 10.1. The number of nitrogens with zero attached hydrogens (tertiary/aromatic N) is 8. The number of piperazine rings is 1. The van der Waals surface area contributed by atoms with Crippen molar-refractivity contribution in [3.63, 3.8) is 0 Å². The van der Waals surface area contributed by atoms with E-state index in [-0.39, 0.29) is 12.5 Å².